The molecule has 6 heteroatoms. The van der Waals surface area contributed by atoms with Crippen LogP contribution in [0.2, 0.25) is 5.02 Å². The van der Waals surface area contributed by atoms with Gasteiger partial charge in [0.2, 0.25) is 10.0 Å². The SMILES string of the molecule is CCC1CCN(S(=O)(=O)c2ccc(Cl)c(CN)c2)C1. The highest BCUT2D eigenvalue weighted by atomic mass is 35.5. The van der Waals surface area contributed by atoms with Gasteiger partial charge in [-0.25, -0.2) is 8.42 Å². The Morgan fingerprint density at radius 2 is 2.21 bits per heavy atom. The summed E-state index contributed by atoms with van der Waals surface area (Å²) < 4.78 is 26.6. The van der Waals surface area contributed by atoms with Crippen LogP contribution in [0, 0.1) is 5.92 Å². The van der Waals surface area contributed by atoms with Crippen molar-refractivity contribution in [3.05, 3.63) is 28.8 Å². The minimum Gasteiger partial charge on any atom is -0.326 e. The maximum Gasteiger partial charge on any atom is 0.243 e. The molecule has 0 aromatic heterocycles. The fraction of sp³-hybridized carbons (Fsp3) is 0.538. The van der Waals surface area contributed by atoms with Crippen molar-refractivity contribution < 1.29 is 8.42 Å². The van der Waals surface area contributed by atoms with Crippen LogP contribution in [-0.4, -0.2) is 25.8 Å². The number of halogens is 1. The molecule has 2 N–H and O–H groups in total. The molecule has 1 aliphatic heterocycles. The highest BCUT2D eigenvalue weighted by Crippen LogP contribution is 2.27. The van der Waals surface area contributed by atoms with Gasteiger partial charge in [0, 0.05) is 24.7 Å². The van der Waals surface area contributed by atoms with E-state index < -0.39 is 10.0 Å². The van der Waals surface area contributed by atoms with Gasteiger partial charge >= 0.3 is 0 Å². The van der Waals surface area contributed by atoms with Crippen molar-refractivity contribution in [3.8, 4) is 0 Å². The van der Waals surface area contributed by atoms with Crippen LogP contribution in [0.1, 0.15) is 25.3 Å². The van der Waals surface area contributed by atoms with Gasteiger partial charge in [0.1, 0.15) is 0 Å². The molecule has 0 spiro atoms. The molecule has 1 saturated heterocycles. The molecule has 0 radical (unpaired) electrons. The van der Waals surface area contributed by atoms with Crippen molar-refractivity contribution in [3.63, 3.8) is 0 Å². The lowest BCUT2D eigenvalue weighted by Gasteiger charge is -2.17. The van der Waals surface area contributed by atoms with E-state index in [1.807, 2.05) is 0 Å². The summed E-state index contributed by atoms with van der Waals surface area (Å²) in [6.45, 7) is 3.54. The largest absolute Gasteiger partial charge is 0.326 e. The predicted molar refractivity (Wildman–Crippen MR) is 76.5 cm³/mol. The molecule has 1 aliphatic rings. The van der Waals surface area contributed by atoms with Crippen molar-refractivity contribution in [2.24, 2.45) is 11.7 Å². The second-order valence-corrected chi connectivity index (χ2v) is 7.23. The van der Waals surface area contributed by atoms with Gasteiger partial charge in [0.05, 0.1) is 4.90 Å². The first-order valence-electron chi connectivity index (χ1n) is 6.47. The van der Waals surface area contributed by atoms with Crippen LogP contribution in [0.25, 0.3) is 0 Å². The molecular formula is C13H19ClN2O2S. The summed E-state index contributed by atoms with van der Waals surface area (Å²) in [5, 5.41) is 0.509. The predicted octanol–water partition coefficient (Wildman–Crippen LogP) is 2.22. The second-order valence-electron chi connectivity index (χ2n) is 4.88. The summed E-state index contributed by atoms with van der Waals surface area (Å²) in [6, 6.07) is 4.73. The normalized spacial score (nSPS) is 20.9. The topological polar surface area (TPSA) is 63.4 Å². The first kappa shape index (κ1) is 14.8. The van der Waals surface area contributed by atoms with E-state index in [0.29, 0.717) is 29.6 Å². The molecular weight excluding hydrogens is 284 g/mol. The fourth-order valence-electron chi connectivity index (χ4n) is 2.37. The minimum atomic E-state index is -3.41. The summed E-state index contributed by atoms with van der Waals surface area (Å²) in [4.78, 5) is 0.286. The highest BCUT2D eigenvalue weighted by Gasteiger charge is 2.31. The molecule has 2 rings (SSSR count). The summed E-state index contributed by atoms with van der Waals surface area (Å²) in [6.07, 6.45) is 1.95. The number of nitrogens with zero attached hydrogens (tertiary/aromatic N) is 1. The highest BCUT2D eigenvalue weighted by molar-refractivity contribution is 7.89. The first-order valence-corrected chi connectivity index (χ1v) is 8.29. The number of rotatable bonds is 4. The van der Waals surface area contributed by atoms with Crippen LogP contribution in [0.4, 0.5) is 0 Å². The van der Waals surface area contributed by atoms with Gasteiger partial charge in [-0.2, -0.15) is 4.31 Å². The van der Waals surface area contributed by atoms with Gasteiger partial charge < -0.3 is 5.73 Å². The van der Waals surface area contributed by atoms with Gasteiger partial charge in [-0.3, -0.25) is 0 Å². The quantitative estimate of drug-likeness (QED) is 0.927. The van der Waals surface area contributed by atoms with Gasteiger partial charge in [0.15, 0.2) is 0 Å². The Hall–Kier alpha value is -0.620. The average molecular weight is 303 g/mol. The van der Waals surface area contributed by atoms with Gasteiger partial charge in [-0.15, -0.1) is 0 Å². The van der Waals surface area contributed by atoms with Crippen molar-refractivity contribution >= 4 is 21.6 Å². The molecule has 1 heterocycles. The summed E-state index contributed by atoms with van der Waals surface area (Å²) in [7, 11) is -3.41. The molecule has 1 unspecified atom stereocenters. The van der Waals surface area contributed by atoms with E-state index in [1.165, 1.54) is 0 Å². The third-order valence-electron chi connectivity index (χ3n) is 3.70. The molecule has 106 valence electrons. The molecule has 1 fully saturated rings. The van der Waals surface area contributed by atoms with Gasteiger partial charge in [0.25, 0.3) is 0 Å². The molecule has 19 heavy (non-hydrogen) atoms. The van der Waals surface area contributed by atoms with Crippen molar-refractivity contribution in [1.82, 2.24) is 4.31 Å². The monoisotopic (exact) mass is 302 g/mol. The average Bonchev–Trinajstić information content (AvgIpc) is 2.88. The lowest BCUT2D eigenvalue weighted by Crippen LogP contribution is -2.29. The molecule has 1 atom stereocenters. The van der Waals surface area contributed by atoms with Gasteiger partial charge in [-0.1, -0.05) is 24.9 Å². The molecule has 0 saturated carbocycles. The van der Waals surface area contributed by atoms with E-state index >= 15 is 0 Å². The third-order valence-corrected chi connectivity index (χ3v) is 5.93. The smallest absolute Gasteiger partial charge is 0.243 e. The second kappa shape index (κ2) is 5.79. The first-order chi connectivity index (χ1) is 8.98. The zero-order chi connectivity index (χ0) is 14.0. The minimum absolute atomic E-state index is 0.236. The molecule has 0 amide bonds. The molecule has 0 bridgehead atoms. The molecule has 4 nitrogen and oxygen atoms in total. The van der Waals surface area contributed by atoms with E-state index in [2.05, 4.69) is 6.92 Å². The molecule has 1 aromatic rings. The summed E-state index contributed by atoms with van der Waals surface area (Å²) in [5.41, 5.74) is 6.23. The maximum atomic E-state index is 12.5. The van der Waals surface area contributed by atoms with Crippen LogP contribution in [0.3, 0.4) is 0 Å². The Balaban J connectivity index is 2.30. The van der Waals surface area contributed by atoms with Crippen LogP contribution in [0.5, 0.6) is 0 Å². The Morgan fingerprint density at radius 1 is 1.47 bits per heavy atom. The number of sulfonamides is 1. The third kappa shape index (κ3) is 2.94. The zero-order valence-corrected chi connectivity index (χ0v) is 12.5. The number of hydrogen-bond acceptors (Lipinski definition) is 3. The lowest BCUT2D eigenvalue weighted by atomic mass is 10.1. The standard InChI is InChI=1S/C13H19ClN2O2S/c1-2-10-5-6-16(9-10)19(17,18)12-3-4-13(14)11(7-12)8-15/h3-4,7,10H,2,5-6,8-9,15H2,1H3. The Bertz CT molecular complexity index is 560. The van der Waals surface area contributed by atoms with Crippen LogP contribution < -0.4 is 5.73 Å². The van der Waals surface area contributed by atoms with Crippen LogP contribution >= 0.6 is 11.6 Å². The Kier molecular flexibility index (Phi) is 4.50. The van der Waals surface area contributed by atoms with Gasteiger partial charge in [-0.05, 0) is 36.1 Å². The van der Waals surface area contributed by atoms with Crippen LogP contribution in [0.15, 0.2) is 23.1 Å². The fourth-order valence-corrected chi connectivity index (χ4v) is 4.14. The van der Waals surface area contributed by atoms with E-state index in [9.17, 15) is 8.42 Å². The van der Waals surface area contributed by atoms with Crippen molar-refractivity contribution in [1.29, 1.82) is 0 Å². The van der Waals surface area contributed by atoms with E-state index in [4.69, 9.17) is 17.3 Å². The van der Waals surface area contributed by atoms with Crippen molar-refractivity contribution in [2.75, 3.05) is 13.1 Å². The Labute approximate surface area is 119 Å². The maximum absolute atomic E-state index is 12.5. The van der Waals surface area contributed by atoms with Crippen LogP contribution in [-0.2, 0) is 16.6 Å². The number of hydrogen-bond donors (Lipinski definition) is 1. The van der Waals surface area contributed by atoms with E-state index in [1.54, 1.807) is 22.5 Å². The van der Waals surface area contributed by atoms with Crippen molar-refractivity contribution in [2.45, 2.75) is 31.2 Å². The number of nitrogens with two attached hydrogens (primary N) is 1. The zero-order valence-electron chi connectivity index (χ0n) is 11.0. The van der Waals surface area contributed by atoms with E-state index in [-0.39, 0.29) is 11.4 Å². The summed E-state index contributed by atoms with van der Waals surface area (Å²) in [5.74, 6) is 0.469. The Morgan fingerprint density at radius 3 is 2.79 bits per heavy atom. The molecule has 1 aromatic carbocycles. The number of benzene rings is 1. The molecule has 0 aliphatic carbocycles. The van der Waals surface area contributed by atoms with E-state index in [0.717, 1.165) is 12.8 Å². The lowest BCUT2D eigenvalue weighted by molar-refractivity contribution is 0.453. The summed E-state index contributed by atoms with van der Waals surface area (Å²) >= 11 is 5.96.